The van der Waals surface area contributed by atoms with Crippen molar-refractivity contribution in [3.05, 3.63) is 60.4 Å². The molecule has 23 heavy (non-hydrogen) atoms. The Bertz CT molecular complexity index is 735. The zero-order valence-electron chi connectivity index (χ0n) is 12.7. The van der Waals surface area contributed by atoms with E-state index >= 15 is 0 Å². The fourth-order valence-electron chi connectivity index (χ4n) is 3.07. The third-order valence-electron chi connectivity index (χ3n) is 4.24. The Morgan fingerprint density at radius 2 is 2.00 bits per heavy atom. The maximum atomic E-state index is 12.8. The molecule has 2 aromatic rings. The Labute approximate surface area is 136 Å². The number of hydrogen-bond donors (Lipinski definition) is 1. The van der Waals surface area contributed by atoms with Gasteiger partial charge >= 0.3 is 0 Å². The van der Waals surface area contributed by atoms with E-state index in [-0.39, 0.29) is 10.9 Å². The van der Waals surface area contributed by atoms with Gasteiger partial charge in [0, 0.05) is 25.0 Å². The fraction of sp³-hybridized carbons (Fsp3) is 0.353. The van der Waals surface area contributed by atoms with Gasteiger partial charge in [-0.25, -0.2) is 8.42 Å². The van der Waals surface area contributed by atoms with Crippen LogP contribution in [-0.2, 0) is 10.0 Å². The topological polar surface area (TPSA) is 70.5 Å². The van der Waals surface area contributed by atoms with E-state index in [9.17, 15) is 13.5 Å². The molecular formula is C17H20N2O3S. The van der Waals surface area contributed by atoms with Crippen LogP contribution >= 0.6 is 0 Å². The molecule has 1 fully saturated rings. The van der Waals surface area contributed by atoms with E-state index in [1.165, 1.54) is 10.5 Å². The summed E-state index contributed by atoms with van der Waals surface area (Å²) in [5, 5.41) is 10.4. The Morgan fingerprint density at radius 3 is 2.70 bits per heavy atom. The molecule has 5 nitrogen and oxygen atoms in total. The minimum atomic E-state index is -3.56. The van der Waals surface area contributed by atoms with Crippen LogP contribution in [0.4, 0.5) is 0 Å². The fourth-order valence-corrected chi connectivity index (χ4v) is 4.73. The summed E-state index contributed by atoms with van der Waals surface area (Å²) in [6.45, 7) is 0.489. The molecule has 1 aromatic carbocycles. The van der Waals surface area contributed by atoms with Crippen LogP contribution in [0, 0.1) is 0 Å². The molecule has 0 aliphatic carbocycles. The lowest BCUT2D eigenvalue weighted by Gasteiger charge is -2.26. The second-order valence-corrected chi connectivity index (χ2v) is 7.65. The van der Waals surface area contributed by atoms with Gasteiger partial charge in [0.05, 0.1) is 6.10 Å². The molecule has 2 heterocycles. The van der Waals surface area contributed by atoms with Crippen molar-refractivity contribution in [1.29, 1.82) is 0 Å². The van der Waals surface area contributed by atoms with E-state index in [0.717, 1.165) is 18.4 Å². The Balaban J connectivity index is 1.78. The van der Waals surface area contributed by atoms with Gasteiger partial charge in [-0.05, 0) is 37.0 Å². The number of hydrogen-bond acceptors (Lipinski definition) is 4. The maximum absolute atomic E-state index is 12.8. The first-order valence-electron chi connectivity index (χ1n) is 7.74. The largest absolute Gasteiger partial charge is 0.388 e. The van der Waals surface area contributed by atoms with Crippen molar-refractivity contribution >= 4 is 10.0 Å². The predicted octanol–water partition coefficient (Wildman–Crippen LogP) is 2.36. The first-order chi connectivity index (χ1) is 11.1. The van der Waals surface area contributed by atoms with Crippen molar-refractivity contribution in [3.8, 4) is 0 Å². The van der Waals surface area contributed by atoms with E-state index in [4.69, 9.17) is 0 Å². The number of rotatable bonds is 5. The second kappa shape index (κ2) is 6.78. The van der Waals surface area contributed by atoms with Crippen molar-refractivity contribution in [2.45, 2.75) is 36.3 Å². The molecule has 0 radical (unpaired) electrons. The first-order valence-corrected chi connectivity index (χ1v) is 9.18. The molecule has 0 saturated carbocycles. The van der Waals surface area contributed by atoms with Gasteiger partial charge in [0.1, 0.15) is 4.90 Å². The van der Waals surface area contributed by atoms with E-state index in [2.05, 4.69) is 4.98 Å². The molecule has 0 spiro atoms. The quantitative estimate of drug-likeness (QED) is 0.912. The zero-order chi connectivity index (χ0) is 16.3. The summed E-state index contributed by atoms with van der Waals surface area (Å²) in [5.41, 5.74) is 0.818. The lowest BCUT2D eigenvalue weighted by Crippen LogP contribution is -2.36. The molecule has 1 aliphatic rings. The summed E-state index contributed by atoms with van der Waals surface area (Å²) < 4.78 is 27.0. The molecule has 1 N–H and O–H groups in total. The van der Waals surface area contributed by atoms with Crippen LogP contribution in [0.25, 0.3) is 0 Å². The molecule has 1 aromatic heterocycles. The van der Waals surface area contributed by atoms with Crippen LogP contribution in [0.3, 0.4) is 0 Å². The second-order valence-electron chi connectivity index (χ2n) is 5.76. The normalized spacial score (nSPS) is 20.5. The highest BCUT2D eigenvalue weighted by molar-refractivity contribution is 7.89. The van der Waals surface area contributed by atoms with Crippen molar-refractivity contribution in [1.82, 2.24) is 9.29 Å². The van der Waals surface area contributed by atoms with Gasteiger partial charge in [-0.1, -0.05) is 30.3 Å². The molecule has 1 saturated heterocycles. The van der Waals surface area contributed by atoms with Crippen LogP contribution < -0.4 is 0 Å². The first kappa shape index (κ1) is 16.1. The summed E-state index contributed by atoms with van der Waals surface area (Å²) in [4.78, 5) is 4.11. The summed E-state index contributed by atoms with van der Waals surface area (Å²) in [6.07, 6.45) is 4.25. The van der Waals surface area contributed by atoms with Gasteiger partial charge in [-0.3, -0.25) is 4.98 Å². The van der Waals surface area contributed by atoms with E-state index in [0.29, 0.717) is 13.0 Å². The number of aromatic nitrogens is 1. The van der Waals surface area contributed by atoms with Crippen LogP contribution in [0.1, 0.15) is 30.9 Å². The van der Waals surface area contributed by atoms with Gasteiger partial charge in [0.15, 0.2) is 0 Å². The average Bonchev–Trinajstić information content (AvgIpc) is 3.05. The molecule has 6 heteroatoms. The van der Waals surface area contributed by atoms with Crippen LogP contribution in [0.5, 0.6) is 0 Å². The van der Waals surface area contributed by atoms with Gasteiger partial charge in [0.2, 0.25) is 10.0 Å². The number of sulfonamides is 1. The highest BCUT2D eigenvalue weighted by atomic mass is 32.2. The summed E-state index contributed by atoms with van der Waals surface area (Å²) in [7, 11) is -3.56. The Hall–Kier alpha value is -1.76. The number of pyridine rings is 1. The summed E-state index contributed by atoms with van der Waals surface area (Å²) in [5.74, 6) is 0. The minimum absolute atomic E-state index is 0.185. The molecule has 122 valence electrons. The molecular weight excluding hydrogens is 312 g/mol. The number of aliphatic hydroxyl groups excluding tert-OH is 1. The van der Waals surface area contributed by atoms with Crippen molar-refractivity contribution in [2.75, 3.05) is 6.54 Å². The van der Waals surface area contributed by atoms with E-state index in [1.807, 2.05) is 30.3 Å². The molecule has 3 rings (SSSR count). The number of aliphatic hydroxyl groups is 1. The highest BCUT2D eigenvalue weighted by Gasteiger charge is 2.36. The van der Waals surface area contributed by atoms with Crippen LogP contribution in [-0.4, -0.2) is 35.4 Å². The standard InChI is InChI=1S/C17H20N2O3S/c20-17(14-6-2-1-3-7-14)12-15-8-5-11-19(15)23(21,22)16-9-4-10-18-13-16/h1-4,6-7,9-10,13,15,17,20H,5,8,11-12H2/t15-,17-/m0/s1. The average molecular weight is 332 g/mol. The Kier molecular flexibility index (Phi) is 4.75. The van der Waals surface area contributed by atoms with Crippen molar-refractivity contribution in [2.24, 2.45) is 0 Å². The van der Waals surface area contributed by atoms with E-state index in [1.54, 1.807) is 18.3 Å². The molecule has 2 atom stereocenters. The molecule has 0 unspecified atom stereocenters. The molecule has 0 bridgehead atoms. The molecule has 0 amide bonds. The summed E-state index contributed by atoms with van der Waals surface area (Å²) in [6, 6.07) is 12.4. The van der Waals surface area contributed by atoms with Gasteiger partial charge in [-0.2, -0.15) is 4.31 Å². The number of benzene rings is 1. The summed E-state index contributed by atoms with van der Waals surface area (Å²) >= 11 is 0. The third kappa shape index (κ3) is 3.44. The number of nitrogens with zero attached hydrogens (tertiary/aromatic N) is 2. The highest BCUT2D eigenvalue weighted by Crippen LogP contribution is 2.31. The van der Waals surface area contributed by atoms with Crippen molar-refractivity contribution in [3.63, 3.8) is 0 Å². The third-order valence-corrected chi connectivity index (χ3v) is 6.18. The zero-order valence-corrected chi connectivity index (χ0v) is 13.6. The van der Waals surface area contributed by atoms with Gasteiger partial charge in [0.25, 0.3) is 0 Å². The van der Waals surface area contributed by atoms with E-state index < -0.39 is 16.1 Å². The van der Waals surface area contributed by atoms with Gasteiger partial charge in [-0.15, -0.1) is 0 Å². The SMILES string of the molecule is O=S(=O)(c1cccnc1)N1CCC[C@H]1C[C@H](O)c1ccccc1. The molecule has 1 aliphatic heterocycles. The lowest BCUT2D eigenvalue weighted by molar-refractivity contribution is 0.142. The van der Waals surface area contributed by atoms with Crippen LogP contribution in [0.15, 0.2) is 59.8 Å². The monoisotopic (exact) mass is 332 g/mol. The van der Waals surface area contributed by atoms with Crippen molar-refractivity contribution < 1.29 is 13.5 Å². The Morgan fingerprint density at radius 1 is 1.22 bits per heavy atom. The van der Waals surface area contributed by atoms with Crippen LogP contribution in [0.2, 0.25) is 0 Å². The predicted molar refractivity (Wildman–Crippen MR) is 87.2 cm³/mol. The smallest absolute Gasteiger partial charge is 0.244 e. The minimum Gasteiger partial charge on any atom is -0.388 e. The maximum Gasteiger partial charge on any atom is 0.244 e. The lowest BCUT2D eigenvalue weighted by atomic mass is 10.0. The van der Waals surface area contributed by atoms with Gasteiger partial charge < -0.3 is 5.11 Å².